The molecule has 2 rings (SSSR count). The van der Waals surface area contributed by atoms with Gasteiger partial charge in [0.05, 0.1) is 12.2 Å². The summed E-state index contributed by atoms with van der Waals surface area (Å²) in [6.07, 6.45) is 2.72. The van der Waals surface area contributed by atoms with E-state index in [1.807, 2.05) is 33.8 Å². The maximum atomic E-state index is 5.85. The van der Waals surface area contributed by atoms with E-state index in [2.05, 4.69) is 22.8 Å². The van der Waals surface area contributed by atoms with Crippen LogP contribution in [0, 0.1) is 0 Å². The Kier molecular flexibility index (Phi) is 6.52. The predicted octanol–water partition coefficient (Wildman–Crippen LogP) is 3.10. The molecule has 1 saturated heterocycles. The standard InChI is InChI=1S/C18H30N2O2/c1-13(2)21-17-9-15(10-18(11-17)22-14(3)4)12-20-16-5-7-19-8-6-16/h9-11,13-14,16,19-20H,5-8,12H2,1-4H3. The zero-order valence-electron chi connectivity index (χ0n) is 14.3. The monoisotopic (exact) mass is 306 g/mol. The second kappa shape index (κ2) is 8.39. The Hall–Kier alpha value is -1.26. The molecule has 22 heavy (non-hydrogen) atoms. The quantitative estimate of drug-likeness (QED) is 0.812. The molecule has 1 aliphatic rings. The van der Waals surface area contributed by atoms with Crippen molar-refractivity contribution < 1.29 is 9.47 Å². The summed E-state index contributed by atoms with van der Waals surface area (Å²) >= 11 is 0. The molecule has 0 atom stereocenters. The van der Waals surface area contributed by atoms with Gasteiger partial charge in [0.15, 0.2) is 0 Å². The van der Waals surface area contributed by atoms with Crippen molar-refractivity contribution in [3.63, 3.8) is 0 Å². The maximum absolute atomic E-state index is 5.85. The van der Waals surface area contributed by atoms with E-state index >= 15 is 0 Å². The maximum Gasteiger partial charge on any atom is 0.123 e. The summed E-state index contributed by atoms with van der Waals surface area (Å²) in [5.74, 6) is 1.77. The molecule has 1 aliphatic heterocycles. The van der Waals surface area contributed by atoms with Crippen LogP contribution in [0.1, 0.15) is 46.1 Å². The van der Waals surface area contributed by atoms with Crippen LogP contribution in [0.3, 0.4) is 0 Å². The van der Waals surface area contributed by atoms with E-state index in [0.717, 1.165) is 31.1 Å². The lowest BCUT2D eigenvalue weighted by Gasteiger charge is -2.24. The van der Waals surface area contributed by atoms with Gasteiger partial charge in [0, 0.05) is 18.7 Å². The van der Waals surface area contributed by atoms with Crippen molar-refractivity contribution in [1.29, 1.82) is 0 Å². The number of hydrogen-bond acceptors (Lipinski definition) is 4. The van der Waals surface area contributed by atoms with Gasteiger partial charge in [-0.15, -0.1) is 0 Å². The Labute approximate surface area is 134 Å². The Morgan fingerprint density at radius 1 is 1.00 bits per heavy atom. The van der Waals surface area contributed by atoms with Crippen molar-refractivity contribution >= 4 is 0 Å². The third kappa shape index (κ3) is 5.85. The second-order valence-corrected chi connectivity index (χ2v) is 6.55. The van der Waals surface area contributed by atoms with E-state index in [9.17, 15) is 0 Å². The first-order valence-electron chi connectivity index (χ1n) is 8.44. The van der Waals surface area contributed by atoms with Crippen molar-refractivity contribution in [1.82, 2.24) is 10.6 Å². The molecule has 1 aromatic rings. The molecule has 0 radical (unpaired) electrons. The first-order chi connectivity index (χ1) is 10.5. The molecule has 0 unspecified atom stereocenters. The third-order valence-electron chi connectivity index (χ3n) is 3.62. The van der Waals surface area contributed by atoms with Gasteiger partial charge in [-0.3, -0.25) is 0 Å². The SMILES string of the molecule is CC(C)Oc1cc(CNC2CCNCC2)cc(OC(C)C)c1. The van der Waals surface area contributed by atoms with Crippen molar-refractivity contribution in [2.24, 2.45) is 0 Å². The van der Waals surface area contributed by atoms with Crippen LogP contribution in [0.2, 0.25) is 0 Å². The van der Waals surface area contributed by atoms with Crippen molar-refractivity contribution in [2.75, 3.05) is 13.1 Å². The number of ether oxygens (including phenoxy) is 2. The Morgan fingerprint density at radius 3 is 2.05 bits per heavy atom. The summed E-state index contributed by atoms with van der Waals surface area (Å²) in [4.78, 5) is 0. The van der Waals surface area contributed by atoms with Gasteiger partial charge in [-0.2, -0.15) is 0 Å². The van der Waals surface area contributed by atoms with Crippen LogP contribution in [0.4, 0.5) is 0 Å². The molecule has 4 nitrogen and oxygen atoms in total. The molecule has 1 aromatic carbocycles. The summed E-state index contributed by atoms with van der Waals surface area (Å²) < 4.78 is 11.7. The molecule has 124 valence electrons. The van der Waals surface area contributed by atoms with Crippen LogP contribution in [0.5, 0.6) is 11.5 Å². The van der Waals surface area contributed by atoms with Crippen LogP contribution >= 0.6 is 0 Å². The minimum Gasteiger partial charge on any atom is -0.491 e. The van der Waals surface area contributed by atoms with Gasteiger partial charge in [-0.1, -0.05) is 0 Å². The molecule has 0 amide bonds. The Morgan fingerprint density at radius 2 is 1.55 bits per heavy atom. The van der Waals surface area contributed by atoms with E-state index < -0.39 is 0 Å². The van der Waals surface area contributed by atoms with Crippen LogP contribution in [0.15, 0.2) is 18.2 Å². The third-order valence-corrected chi connectivity index (χ3v) is 3.62. The molecular weight excluding hydrogens is 276 g/mol. The minimum absolute atomic E-state index is 0.166. The molecular formula is C18H30N2O2. The number of hydrogen-bond donors (Lipinski definition) is 2. The molecule has 1 fully saturated rings. The summed E-state index contributed by atoms with van der Waals surface area (Å²) in [6.45, 7) is 11.2. The highest BCUT2D eigenvalue weighted by Crippen LogP contribution is 2.25. The van der Waals surface area contributed by atoms with Crippen molar-refractivity contribution in [2.45, 2.75) is 65.3 Å². The van der Waals surface area contributed by atoms with Crippen LogP contribution in [0.25, 0.3) is 0 Å². The predicted molar refractivity (Wildman–Crippen MR) is 90.7 cm³/mol. The fraction of sp³-hybridized carbons (Fsp3) is 0.667. The smallest absolute Gasteiger partial charge is 0.123 e. The van der Waals surface area contributed by atoms with Gasteiger partial charge < -0.3 is 20.1 Å². The van der Waals surface area contributed by atoms with Crippen molar-refractivity contribution in [3.8, 4) is 11.5 Å². The van der Waals surface area contributed by atoms with Crippen LogP contribution in [-0.2, 0) is 6.54 Å². The van der Waals surface area contributed by atoms with E-state index in [0.29, 0.717) is 6.04 Å². The fourth-order valence-electron chi connectivity index (χ4n) is 2.70. The lowest BCUT2D eigenvalue weighted by atomic mass is 10.1. The largest absolute Gasteiger partial charge is 0.491 e. The Bertz CT molecular complexity index is 426. The first kappa shape index (κ1) is 17.1. The van der Waals surface area contributed by atoms with Gasteiger partial charge in [-0.25, -0.2) is 0 Å². The van der Waals surface area contributed by atoms with Gasteiger partial charge in [-0.05, 0) is 71.3 Å². The zero-order chi connectivity index (χ0) is 15.9. The summed E-state index contributed by atoms with van der Waals surface area (Å²) in [6, 6.07) is 6.81. The molecule has 0 saturated carbocycles. The van der Waals surface area contributed by atoms with Gasteiger partial charge in [0.25, 0.3) is 0 Å². The average molecular weight is 306 g/mol. The number of rotatable bonds is 7. The molecule has 0 aromatic heterocycles. The number of nitrogens with one attached hydrogen (secondary N) is 2. The summed E-state index contributed by atoms with van der Waals surface area (Å²) in [7, 11) is 0. The lowest BCUT2D eigenvalue weighted by molar-refractivity contribution is 0.228. The lowest BCUT2D eigenvalue weighted by Crippen LogP contribution is -2.39. The molecule has 2 N–H and O–H groups in total. The van der Waals surface area contributed by atoms with Crippen LogP contribution in [-0.4, -0.2) is 31.3 Å². The van der Waals surface area contributed by atoms with E-state index in [-0.39, 0.29) is 12.2 Å². The van der Waals surface area contributed by atoms with Gasteiger partial charge >= 0.3 is 0 Å². The highest BCUT2D eigenvalue weighted by Gasteiger charge is 2.13. The highest BCUT2D eigenvalue weighted by molar-refractivity contribution is 5.38. The molecule has 4 heteroatoms. The molecule has 0 aliphatic carbocycles. The first-order valence-corrected chi connectivity index (χ1v) is 8.44. The molecule has 0 spiro atoms. The minimum atomic E-state index is 0.166. The highest BCUT2D eigenvalue weighted by atomic mass is 16.5. The summed E-state index contributed by atoms with van der Waals surface area (Å²) in [5.41, 5.74) is 1.22. The van der Waals surface area contributed by atoms with Crippen LogP contribution < -0.4 is 20.1 Å². The fourth-order valence-corrected chi connectivity index (χ4v) is 2.70. The van der Waals surface area contributed by atoms with Gasteiger partial charge in [0.1, 0.15) is 11.5 Å². The van der Waals surface area contributed by atoms with E-state index in [1.165, 1.54) is 18.4 Å². The summed E-state index contributed by atoms with van der Waals surface area (Å²) in [5, 5.41) is 7.04. The zero-order valence-corrected chi connectivity index (χ0v) is 14.3. The van der Waals surface area contributed by atoms with E-state index in [1.54, 1.807) is 0 Å². The van der Waals surface area contributed by atoms with Gasteiger partial charge in [0.2, 0.25) is 0 Å². The Balaban J connectivity index is 2.03. The molecule has 1 heterocycles. The molecule has 0 bridgehead atoms. The normalized spacial score (nSPS) is 16.3. The van der Waals surface area contributed by atoms with Crippen molar-refractivity contribution in [3.05, 3.63) is 23.8 Å². The topological polar surface area (TPSA) is 42.5 Å². The number of benzene rings is 1. The van der Waals surface area contributed by atoms with E-state index in [4.69, 9.17) is 9.47 Å². The average Bonchev–Trinajstić information content (AvgIpc) is 2.44. The second-order valence-electron chi connectivity index (χ2n) is 6.55. The number of piperidine rings is 1.